The highest BCUT2D eigenvalue weighted by molar-refractivity contribution is 5.76. The third-order valence-electron chi connectivity index (χ3n) is 8.96. The molecule has 4 aromatic carbocycles. The van der Waals surface area contributed by atoms with Gasteiger partial charge in [0, 0.05) is 44.5 Å². The highest BCUT2D eigenvalue weighted by Gasteiger charge is 2.33. The third-order valence-corrected chi connectivity index (χ3v) is 8.96. The highest BCUT2D eigenvalue weighted by atomic mass is 16.7. The van der Waals surface area contributed by atoms with E-state index in [1.807, 2.05) is 78.7 Å². The number of phenolic OH excluding ortho intramolecular Hbond substituents is 1. The summed E-state index contributed by atoms with van der Waals surface area (Å²) in [5.41, 5.74) is 7.77. The van der Waals surface area contributed by atoms with Crippen LogP contribution in [0.3, 0.4) is 0 Å². The van der Waals surface area contributed by atoms with Crippen molar-refractivity contribution in [1.29, 1.82) is 0 Å². The molecule has 1 fully saturated rings. The second-order valence-corrected chi connectivity index (χ2v) is 13.0. The lowest BCUT2D eigenvalue weighted by Crippen LogP contribution is -2.39. The van der Waals surface area contributed by atoms with E-state index in [-0.39, 0.29) is 36.9 Å². The Labute approximate surface area is 298 Å². The van der Waals surface area contributed by atoms with E-state index in [1.165, 1.54) is 0 Å². The standard InChI is InChI=1S/C40H47N3O8/c1-43(25-36(46)32-10-6-12-34(45)21-32)24-35-22-37(29-17-15-27(26-44)16-18-29)51-40(50-35)33-11-5-9-31(20-33)30-8-4-7-28(19-30)23-41-38(47)13-2-3-14-39(48)42-49/h4-12,15-21,35-37,40,44-46,49H,2-3,13-14,22-26H2,1H3,(H,41,47)(H,42,48). The molecule has 2 amide bonds. The third kappa shape index (κ3) is 11.2. The topological polar surface area (TPSA) is 161 Å². The monoisotopic (exact) mass is 697 g/mol. The van der Waals surface area contributed by atoms with E-state index in [0.29, 0.717) is 50.9 Å². The van der Waals surface area contributed by atoms with Gasteiger partial charge in [-0.05, 0) is 77.5 Å². The van der Waals surface area contributed by atoms with E-state index >= 15 is 0 Å². The average Bonchev–Trinajstić information content (AvgIpc) is 3.15. The zero-order valence-electron chi connectivity index (χ0n) is 28.8. The SMILES string of the molecule is CN(CC1CC(c2ccc(CO)cc2)OC(c2cccc(-c3cccc(CNC(=O)CCCCC(=O)NO)c3)c2)O1)CC(O)c1cccc(O)c1. The van der Waals surface area contributed by atoms with Crippen LogP contribution in [0.5, 0.6) is 5.75 Å². The van der Waals surface area contributed by atoms with Crippen molar-refractivity contribution in [1.82, 2.24) is 15.7 Å². The van der Waals surface area contributed by atoms with Gasteiger partial charge in [0.05, 0.1) is 24.9 Å². The van der Waals surface area contributed by atoms with Crippen LogP contribution in [0.1, 0.15) is 78.4 Å². The molecule has 0 radical (unpaired) electrons. The zero-order valence-corrected chi connectivity index (χ0v) is 28.8. The number of hydrogen-bond donors (Lipinski definition) is 6. The molecule has 0 saturated carbocycles. The summed E-state index contributed by atoms with van der Waals surface area (Å²) in [5, 5.41) is 41.8. The number of carbonyl (C=O) groups excluding carboxylic acids is 2. The van der Waals surface area contributed by atoms with E-state index in [0.717, 1.165) is 33.4 Å². The summed E-state index contributed by atoms with van der Waals surface area (Å²) in [6, 6.07) is 30.4. The first-order valence-electron chi connectivity index (χ1n) is 17.3. The lowest BCUT2D eigenvalue weighted by molar-refractivity contribution is -0.252. The fourth-order valence-corrected chi connectivity index (χ4v) is 6.23. The van der Waals surface area contributed by atoms with E-state index in [9.17, 15) is 24.9 Å². The molecule has 0 spiro atoms. The zero-order chi connectivity index (χ0) is 36.2. The molecule has 4 unspecified atom stereocenters. The van der Waals surface area contributed by atoms with Crippen molar-refractivity contribution in [2.24, 2.45) is 0 Å². The van der Waals surface area contributed by atoms with Crippen LogP contribution in [-0.2, 0) is 32.2 Å². The first-order valence-corrected chi connectivity index (χ1v) is 17.3. The predicted molar refractivity (Wildman–Crippen MR) is 191 cm³/mol. The van der Waals surface area contributed by atoms with Gasteiger partial charge in [0.2, 0.25) is 11.8 Å². The molecule has 1 saturated heterocycles. The molecule has 51 heavy (non-hydrogen) atoms. The number of carbonyl (C=O) groups is 2. The Bertz CT molecular complexity index is 1730. The number of benzene rings is 4. The number of ether oxygens (including phenoxy) is 2. The minimum absolute atomic E-state index is 0.0414. The molecular weight excluding hydrogens is 650 g/mol. The van der Waals surface area contributed by atoms with Gasteiger partial charge >= 0.3 is 0 Å². The smallest absolute Gasteiger partial charge is 0.243 e. The van der Waals surface area contributed by atoms with Crippen LogP contribution in [0.15, 0.2) is 97.1 Å². The molecule has 11 nitrogen and oxygen atoms in total. The molecule has 0 aliphatic carbocycles. The van der Waals surface area contributed by atoms with Crippen LogP contribution in [0.25, 0.3) is 11.1 Å². The molecule has 4 aromatic rings. The summed E-state index contributed by atoms with van der Waals surface area (Å²) in [6.45, 7) is 1.21. The Hall–Kier alpha value is -4.62. The Morgan fingerprint density at radius 3 is 2.27 bits per heavy atom. The minimum atomic E-state index is -0.785. The Morgan fingerprint density at radius 1 is 0.843 bits per heavy atom. The molecular formula is C40H47N3O8. The van der Waals surface area contributed by atoms with Gasteiger partial charge in [-0.1, -0.05) is 72.8 Å². The van der Waals surface area contributed by atoms with Crippen molar-refractivity contribution >= 4 is 11.8 Å². The summed E-state index contributed by atoms with van der Waals surface area (Å²) >= 11 is 0. The fourth-order valence-electron chi connectivity index (χ4n) is 6.23. The summed E-state index contributed by atoms with van der Waals surface area (Å²) in [4.78, 5) is 25.5. The normalized spacial score (nSPS) is 17.9. The number of aromatic hydroxyl groups is 1. The van der Waals surface area contributed by atoms with Gasteiger partial charge in [0.25, 0.3) is 0 Å². The first kappa shape index (κ1) is 37.6. The van der Waals surface area contributed by atoms with E-state index in [4.69, 9.17) is 14.7 Å². The number of nitrogens with zero attached hydrogens (tertiary/aromatic N) is 1. The highest BCUT2D eigenvalue weighted by Crippen LogP contribution is 2.39. The second-order valence-electron chi connectivity index (χ2n) is 13.0. The molecule has 11 heteroatoms. The van der Waals surface area contributed by atoms with E-state index in [2.05, 4.69) is 11.4 Å². The van der Waals surface area contributed by atoms with Gasteiger partial charge in [0.15, 0.2) is 6.29 Å². The van der Waals surface area contributed by atoms with Crippen molar-refractivity contribution in [2.75, 3.05) is 20.1 Å². The second kappa shape index (κ2) is 18.6. The molecule has 6 N–H and O–H groups in total. The molecule has 1 heterocycles. The number of aliphatic hydroxyl groups is 2. The van der Waals surface area contributed by atoms with Crippen LogP contribution in [0, 0.1) is 0 Å². The molecule has 1 aliphatic heterocycles. The summed E-state index contributed by atoms with van der Waals surface area (Å²) in [5.74, 6) is -0.457. The molecule has 270 valence electrons. The predicted octanol–water partition coefficient (Wildman–Crippen LogP) is 5.44. The maximum Gasteiger partial charge on any atom is 0.243 e. The Morgan fingerprint density at radius 2 is 1.55 bits per heavy atom. The van der Waals surface area contributed by atoms with Crippen molar-refractivity contribution in [2.45, 2.75) is 69.9 Å². The number of hydroxylamine groups is 1. The largest absolute Gasteiger partial charge is 0.508 e. The van der Waals surface area contributed by atoms with Crippen LogP contribution in [0.2, 0.25) is 0 Å². The number of nitrogens with one attached hydrogen (secondary N) is 2. The maximum atomic E-state index is 12.4. The number of amides is 2. The van der Waals surface area contributed by atoms with Crippen molar-refractivity contribution in [3.63, 3.8) is 0 Å². The molecule has 4 atom stereocenters. The maximum absolute atomic E-state index is 12.4. The van der Waals surface area contributed by atoms with Crippen molar-refractivity contribution in [3.05, 3.63) is 125 Å². The quantitative estimate of drug-likeness (QED) is 0.0509. The van der Waals surface area contributed by atoms with Crippen LogP contribution in [0.4, 0.5) is 0 Å². The Kier molecular flexibility index (Phi) is 13.7. The number of rotatable bonds is 16. The van der Waals surface area contributed by atoms with Gasteiger partial charge in [-0.2, -0.15) is 0 Å². The van der Waals surface area contributed by atoms with Gasteiger partial charge in [-0.25, -0.2) is 5.48 Å². The number of unbranched alkanes of at least 4 members (excludes halogenated alkanes) is 1. The summed E-state index contributed by atoms with van der Waals surface area (Å²) in [7, 11) is 1.93. The van der Waals surface area contributed by atoms with Crippen molar-refractivity contribution in [3.8, 4) is 16.9 Å². The fraction of sp³-hybridized carbons (Fsp3) is 0.350. The lowest BCUT2D eigenvalue weighted by Gasteiger charge is -2.38. The summed E-state index contributed by atoms with van der Waals surface area (Å²) < 4.78 is 13.2. The van der Waals surface area contributed by atoms with Crippen LogP contribution in [-0.4, -0.2) is 63.5 Å². The van der Waals surface area contributed by atoms with E-state index in [1.54, 1.807) is 29.7 Å². The van der Waals surface area contributed by atoms with Gasteiger partial charge in [-0.15, -0.1) is 0 Å². The van der Waals surface area contributed by atoms with E-state index < -0.39 is 18.3 Å². The average molecular weight is 698 g/mol. The summed E-state index contributed by atoms with van der Waals surface area (Å²) in [6.07, 6.45) is 0.166. The number of phenols is 1. The molecule has 0 aromatic heterocycles. The van der Waals surface area contributed by atoms with Gasteiger partial charge in [0.1, 0.15) is 5.75 Å². The van der Waals surface area contributed by atoms with Crippen LogP contribution < -0.4 is 10.8 Å². The Balaban J connectivity index is 1.27. The lowest BCUT2D eigenvalue weighted by atomic mass is 9.98. The van der Waals surface area contributed by atoms with Crippen molar-refractivity contribution < 1.29 is 39.6 Å². The van der Waals surface area contributed by atoms with Crippen LogP contribution >= 0.6 is 0 Å². The van der Waals surface area contributed by atoms with Gasteiger partial charge in [-0.3, -0.25) is 14.8 Å². The first-order chi connectivity index (χ1) is 24.7. The minimum Gasteiger partial charge on any atom is -0.508 e. The molecule has 1 aliphatic rings. The number of hydrogen-bond acceptors (Lipinski definition) is 9. The molecule has 5 rings (SSSR count). The number of likely N-dealkylation sites (N-methyl/N-ethyl adjacent to an activating group) is 1. The number of aliphatic hydroxyl groups excluding tert-OH is 2. The molecule has 0 bridgehead atoms. The van der Waals surface area contributed by atoms with Gasteiger partial charge < -0.3 is 35.0 Å².